The molecule has 1 fully saturated rings. The molecule has 1 aliphatic heterocycles. The number of rotatable bonds is 3. The molecule has 2 aromatic rings. The van der Waals surface area contributed by atoms with E-state index < -0.39 is 0 Å². The minimum atomic E-state index is -0.0899. The summed E-state index contributed by atoms with van der Waals surface area (Å²) in [5, 5.41) is 0. The number of carbonyl (C=O) groups excluding carboxylic acids is 1. The molecule has 1 amide bonds. The maximum atomic E-state index is 12.8. The quantitative estimate of drug-likeness (QED) is 0.870. The van der Waals surface area contributed by atoms with Gasteiger partial charge in [-0.3, -0.25) is 4.79 Å². The Bertz CT molecular complexity index is 686. The number of hydrogen-bond acceptors (Lipinski definition) is 4. The number of benzene rings is 1. The second kappa shape index (κ2) is 7.01. The fraction of sp³-hybridized carbons (Fsp3) is 0.368. The number of ether oxygens (including phenoxy) is 1. The third kappa shape index (κ3) is 3.57. The van der Waals surface area contributed by atoms with Gasteiger partial charge in [0.1, 0.15) is 11.9 Å². The number of hydrogen-bond donors (Lipinski definition) is 0. The Morgan fingerprint density at radius 3 is 2.54 bits per heavy atom. The summed E-state index contributed by atoms with van der Waals surface area (Å²) in [4.78, 5) is 20.9. The fourth-order valence-electron chi connectivity index (χ4n) is 2.93. The van der Waals surface area contributed by atoms with Crippen LogP contribution in [0.1, 0.15) is 28.9 Å². The van der Waals surface area contributed by atoms with E-state index >= 15 is 0 Å². The molecular formula is C19H23N3O2. The van der Waals surface area contributed by atoms with E-state index in [1.165, 1.54) is 0 Å². The molecule has 1 aromatic carbocycles. The molecule has 0 aliphatic carbocycles. The third-order valence-corrected chi connectivity index (χ3v) is 4.17. The van der Waals surface area contributed by atoms with Gasteiger partial charge in [-0.15, -0.1) is 0 Å². The van der Waals surface area contributed by atoms with Crippen LogP contribution in [0, 0.1) is 0 Å². The summed E-state index contributed by atoms with van der Waals surface area (Å²) in [5.41, 5.74) is 1.71. The van der Waals surface area contributed by atoms with Crippen LogP contribution >= 0.6 is 0 Å². The number of carbonyl (C=O) groups is 1. The molecule has 1 saturated heterocycles. The molecule has 1 aromatic heterocycles. The van der Waals surface area contributed by atoms with Crippen molar-refractivity contribution in [2.45, 2.75) is 19.1 Å². The zero-order valence-electron chi connectivity index (χ0n) is 14.3. The minimum absolute atomic E-state index is 0.00177. The molecule has 3 rings (SSSR count). The maximum Gasteiger partial charge on any atom is 0.255 e. The number of pyridine rings is 1. The molecule has 0 bridgehead atoms. The molecule has 24 heavy (non-hydrogen) atoms. The largest absolute Gasteiger partial charge is 0.367 e. The van der Waals surface area contributed by atoms with Crippen molar-refractivity contribution in [1.29, 1.82) is 0 Å². The van der Waals surface area contributed by atoms with Crippen LogP contribution < -0.4 is 4.90 Å². The van der Waals surface area contributed by atoms with Gasteiger partial charge in [-0.05, 0) is 24.6 Å². The average Bonchev–Trinajstić information content (AvgIpc) is 2.61. The Morgan fingerprint density at radius 2 is 1.92 bits per heavy atom. The summed E-state index contributed by atoms with van der Waals surface area (Å²) in [7, 11) is 3.86. The van der Waals surface area contributed by atoms with Gasteiger partial charge in [0.05, 0.1) is 18.2 Å². The molecule has 1 aliphatic rings. The molecule has 0 radical (unpaired) electrons. The summed E-state index contributed by atoms with van der Waals surface area (Å²) >= 11 is 0. The van der Waals surface area contributed by atoms with Crippen molar-refractivity contribution in [3.8, 4) is 0 Å². The average molecular weight is 325 g/mol. The highest BCUT2D eigenvalue weighted by Gasteiger charge is 2.29. The summed E-state index contributed by atoms with van der Waals surface area (Å²) in [6, 6.07) is 13.8. The number of aromatic nitrogens is 1. The smallest absolute Gasteiger partial charge is 0.255 e. The highest BCUT2D eigenvalue weighted by atomic mass is 16.5. The van der Waals surface area contributed by atoms with Crippen LogP contribution in [0.5, 0.6) is 0 Å². The molecule has 2 heterocycles. The third-order valence-electron chi connectivity index (χ3n) is 4.17. The van der Waals surface area contributed by atoms with Gasteiger partial charge in [0.25, 0.3) is 5.91 Å². The zero-order valence-corrected chi connectivity index (χ0v) is 14.3. The Hall–Kier alpha value is -2.40. The van der Waals surface area contributed by atoms with E-state index in [2.05, 4.69) is 4.98 Å². The standard InChI is InChI=1S/C19H23N3O2/c1-14-12-22(13-17(24-14)15-7-5-4-6-8-15)19(23)16-9-10-18(20-11-16)21(2)3/h4-11,14,17H,12-13H2,1-3H3/t14-,17-/m0/s1. The first kappa shape index (κ1) is 16.5. The number of morpholine rings is 1. The van der Waals surface area contributed by atoms with Gasteiger partial charge in [0.2, 0.25) is 0 Å². The first-order valence-corrected chi connectivity index (χ1v) is 8.17. The zero-order chi connectivity index (χ0) is 17.1. The van der Waals surface area contributed by atoms with E-state index in [1.807, 2.05) is 73.3 Å². The molecule has 5 heteroatoms. The van der Waals surface area contributed by atoms with Gasteiger partial charge < -0.3 is 14.5 Å². The van der Waals surface area contributed by atoms with Crippen molar-refractivity contribution in [2.24, 2.45) is 0 Å². The number of nitrogens with zero attached hydrogens (tertiary/aromatic N) is 3. The lowest BCUT2D eigenvalue weighted by Crippen LogP contribution is -2.46. The first-order valence-electron chi connectivity index (χ1n) is 8.17. The highest BCUT2D eigenvalue weighted by molar-refractivity contribution is 5.94. The highest BCUT2D eigenvalue weighted by Crippen LogP contribution is 2.26. The van der Waals surface area contributed by atoms with E-state index in [9.17, 15) is 4.79 Å². The van der Waals surface area contributed by atoms with E-state index in [4.69, 9.17) is 4.74 Å². The lowest BCUT2D eigenvalue weighted by atomic mass is 10.1. The van der Waals surface area contributed by atoms with E-state index in [-0.39, 0.29) is 18.1 Å². The van der Waals surface area contributed by atoms with Crippen molar-refractivity contribution in [2.75, 3.05) is 32.1 Å². The topological polar surface area (TPSA) is 45.7 Å². The molecule has 0 N–H and O–H groups in total. The van der Waals surface area contributed by atoms with Crippen molar-refractivity contribution in [1.82, 2.24) is 9.88 Å². The second-order valence-electron chi connectivity index (χ2n) is 6.36. The predicted molar refractivity (Wildman–Crippen MR) is 94.2 cm³/mol. The molecular weight excluding hydrogens is 302 g/mol. The number of amides is 1. The Balaban J connectivity index is 1.76. The van der Waals surface area contributed by atoms with Crippen LogP contribution in [-0.2, 0) is 4.74 Å². The van der Waals surface area contributed by atoms with Crippen LogP contribution in [0.15, 0.2) is 48.7 Å². The Labute approximate surface area is 142 Å². The van der Waals surface area contributed by atoms with Gasteiger partial charge in [-0.2, -0.15) is 0 Å². The number of anilines is 1. The first-order chi connectivity index (χ1) is 11.5. The van der Waals surface area contributed by atoms with E-state index in [0.717, 1.165) is 11.4 Å². The van der Waals surface area contributed by atoms with Gasteiger partial charge in [-0.25, -0.2) is 4.98 Å². The Morgan fingerprint density at radius 1 is 1.17 bits per heavy atom. The summed E-state index contributed by atoms with van der Waals surface area (Å²) in [5.74, 6) is 0.841. The van der Waals surface area contributed by atoms with Crippen molar-refractivity contribution in [3.05, 3.63) is 59.8 Å². The van der Waals surface area contributed by atoms with Gasteiger partial charge in [0.15, 0.2) is 0 Å². The van der Waals surface area contributed by atoms with Crippen LogP contribution in [-0.4, -0.2) is 49.1 Å². The van der Waals surface area contributed by atoms with Crippen LogP contribution in [0.25, 0.3) is 0 Å². The molecule has 0 spiro atoms. The van der Waals surface area contributed by atoms with Crippen molar-refractivity contribution < 1.29 is 9.53 Å². The van der Waals surface area contributed by atoms with Crippen LogP contribution in [0.3, 0.4) is 0 Å². The normalized spacial score (nSPS) is 20.7. The van der Waals surface area contributed by atoms with Crippen molar-refractivity contribution in [3.63, 3.8) is 0 Å². The molecule has 0 unspecified atom stereocenters. The minimum Gasteiger partial charge on any atom is -0.367 e. The lowest BCUT2D eigenvalue weighted by Gasteiger charge is -2.37. The van der Waals surface area contributed by atoms with Crippen LogP contribution in [0.4, 0.5) is 5.82 Å². The lowest BCUT2D eigenvalue weighted by molar-refractivity contribution is -0.0691. The van der Waals surface area contributed by atoms with Crippen molar-refractivity contribution >= 4 is 11.7 Å². The van der Waals surface area contributed by atoms with E-state index in [0.29, 0.717) is 18.7 Å². The Kier molecular flexibility index (Phi) is 4.81. The molecule has 5 nitrogen and oxygen atoms in total. The second-order valence-corrected chi connectivity index (χ2v) is 6.36. The SMILES string of the molecule is C[C@H]1CN(C(=O)c2ccc(N(C)C)nc2)C[C@@H](c2ccccc2)O1. The summed E-state index contributed by atoms with van der Waals surface area (Å²) < 4.78 is 6.02. The maximum absolute atomic E-state index is 12.8. The van der Waals surface area contributed by atoms with Gasteiger partial charge in [-0.1, -0.05) is 30.3 Å². The fourth-order valence-corrected chi connectivity index (χ4v) is 2.93. The molecule has 126 valence electrons. The summed E-state index contributed by atoms with van der Waals surface area (Å²) in [6.07, 6.45) is 1.56. The monoisotopic (exact) mass is 325 g/mol. The van der Waals surface area contributed by atoms with Crippen LogP contribution in [0.2, 0.25) is 0 Å². The molecule has 2 atom stereocenters. The molecule has 0 saturated carbocycles. The van der Waals surface area contributed by atoms with Gasteiger partial charge in [0, 0.05) is 26.8 Å². The predicted octanol–water partition coefficient (Wildman–Crippen LogP) is 2.75. The summed E-state index contributed by atoms with van der Waals surface area (Å²) in [6.45, 7) is 3.16. The van der Waals surface area contributed by atoms with E-state index in [1.54, 1.807) is 6.20 Å². The van der Waals surface area contributed by atoms with Gasteiger partial charge >= 0.3 is 0 Å².